The number of thiazole rings is 1. The van der Waals surface area contributed by atoms with Gasteiger partial charge in [0.05, 0.1) is 31.6 Å². The molecular formula is C17H16ClN3O4S. The molecule has 136 valence electrons. The van der Waals surface area contributed by atoms with E-state index in [1.807, 2.05) is 6.92 Å². The molecule has 1 unspecified atom stereocenters. The van der Waals surface area contributed by atoms with Crippen LogP contribution in [0.3, 0.4) is 0 Å². The number of aromatic nitrogens is 3. The van der Waals surface area contributed by atoms with Gasteiger partial charge in [-0.2, -0.15) is 4.98 Å². The lowest BCUT2D eigenvalue weighted by Crippen LogP contribution is -2.06. The van der Waals surface area contributed by atoms with Gasteiger partial charge in [0.2, 0.25) is 4.96 Å². The van der Waals surface area contributed by atoms with Gasteiger partial charge in [-0.15, -0.1) is 5.10 Å². The predicted molar refractivity (Wildman–Crippen MR) is 98.4 cm³/mol. The van der Waals surface area contributed by atoms with Crippen LogP contribution < -0.4 is 4.74 Å². The summed E-state index contributed by atoms with van der Waals surface area (Å²) < 4.78 is 17.2. The molecule has 0 N–H and O–H groups in total. The standard InChI is InChI=1S/C17H16ClN3O4S/c1-10(25-12-6-4-11(18)5-7-12)15-19-17-21(20-15)8-14(26-17)13(9-23-2)16(22)24-3/h4-10H,1-3H3. The van der Waals surface area contributed by atoms with E-state index in [0.717, 1.165) is 0 Å². The van der Waals surface area contributed by atoms with Crippen LogP contribution >= 0.6 is 22.9 Å². The van der Waals surface area contributed by atoms with E-state index in [1.54, 1.807) is 35.0 Å². The molecule has 0 fully saturated rings. The molecule has 0 aliphatic rings. The van der Waals surface area contributed by atoms with E-state index >= 15 is 0 Å². The quantitative estimate of drug-likeness (QED) is 0.361. The Labute approximate surface area is 158 Å². The summed E-state index contributed by atoms with van der Waals surface area (Å²) in [5, 5.41) is 5.06. The summed E-state index contributed by atoms with van der Waals surface area (Å²) in [7, 11) is 2.78. The first-order valence-corrected chi connectivity index (χ1v) is 8.81. The van der Waals surface area contributed by atoms with Gasteiger partial charge in [0.15, 0.2) is 11.9 Å². The van der Waals surface area contributed by atoms with Gasteiger partial charge < -0.3 is 14.2 Å². The van der Waals surface area contributed by atoms with Crippen molar-refractivity contribution in [3.8, 4) is 5.75 Å². The normalized spacial score (nSPS) is 12.8. The average molecular weight is 394 g/mol. The predicted octanol–water partition coefficient (Wildman–Crippen LogP) is 3.74. The molecule has 26 heavy (non-hydrogen) atoms. The number of fused-ring (bicyclic) bond motifs is 1. The summed E-state index contributed by atoms with van der Waals surface area (Å²) in [6.45, 7) is 1.86. The molecule has 1 atom stereocenters. The Balaban J connectivity index is 1.82. The highest BCUT2D eigenvalue weighted by molar-refractivity contribution is 7.18. The van der Waals surface area contributed by atoms with Crippen LogP contribution in [0.4, 0.5) is 0 Å². The number of benzene rings is 1. The molecule has 0 amide bonds. The van der Waals surface area contributed by atoms with Gasteiger partial charge in [-0.25, -0.2) is 9.31 Å². The van der Waals surface area contributed by atoms with Crippen LogP contribution in [0.1, 0.15) is 23.7 Å². The number of hydrogen-bond donors (Lipinski definition) is 0. The summed E-state index contributed by atoms with van der Waals surface area (Å²) >= 11 is 7.17. The van der Waals surface area contributed by atoms with E-state index in [1.165, 1.54) is 31.8 Å². The number of hydrogen-bond acceptors (Lipinski definition) is 7. The van der Waals surface area contributed by atoms with Crippen LogP contribution in [-0.4, -0.2) is 34.8 Å². The summed E-state index contributed by atoms with van der Waals surface area (Å²) in [6.07, 6.45) is 2.69. The SMILES string of the molecule is COC=C(C(=O)OC)c1cn2nc(C(C)Oc3ccc(Cl)cc3)nc2s1. The molecule has 2 heterocycles. The first kappa shape index (κ1) is 18.2. The molecular weight excluding hydrogens is 378 g/mol. The number of carbonyl (C=O) groups excluding carboxylic acids is 1. The number of carbonyl (C=O) groups is 1. The highest BCUT2D eigenvalue weighted by atomic mass is 35.5. The van der Waals surface area contributed by atoms with Crippen molar-refractivity contribution in [2.75, 3.05) is 14.2 Å². The number of esters is 1. The maximum Gasteiger partial charge on any atom is 0.342 e. The number of ether oxygens (including phenoxy) is 3. The van der Waals surface area contributed by atoms with Gasteiger partial charge in [0.1, 0.15) is 11.3 Å². The zero-order valence-corrected chi connectivity index (χ0v) is 15.9. The minimum atomic E-state index is -0.490. The van der Waals surface area contributed by atoms with Crippen molar-refractivity contribution in [3.05, 3.63) is 52.4 Å². The molecule has 1 aromatic carbocycles. The van der Waals surface area contributed by atoms with Crippen LogP contribution in [0.25, 0.3) is 10.5 Å². The fourth-order valence-electron chi connectivity index (χ4n) is 2.22. The molecule has 0 aliphatic heterocycles. The summed E-state index contributed by atoms with van der Waals surface area (Å²) in [6, 6.07) is 7.08. The largest absolute Gasteiger partial charge is 0.503 e. The Morgan fingerprint density at radius 3 is 2.65 bits per heavy atom. The summed E-state index contributed by atoms with van der Waals surface area (Å²) in [5.74, 6) is 0.723. The van der Waals surface area contributed by atoms with Gasteiger partial charge in [0, 0.05) is 5.02 Å². The van der Waals surface area contributed by atoms with Crippen LogP contribution in [0.5, 0.6) is 5.75 Å². The number of nitrogens with zero attached hydrogens (tertiary/aromatic N) is 3. The summed E-state index contributed by atoms with van der Waals surface area (Å²) in [4.78, 5) is 17.6. The van der Waals surface area contributed by atoms with Crippen LogP contribution in [0.15, 0.2) is 36.7 Å². The lowest BCUT2D eigenvalue weighted by molar-refractivity contribution is -0.133. The fourth-order valence-corrected chi connectivity index (χ4v) is 3.26. The highest BCUT2D eigenvalue weighted by Crippen LogP contribution is 2.27. The Morgan fingerprint density at radius 1 is 1.31 bits per heavy atom. The zero-order valence-electron chi connectivity index (χ0n) is 14.3. The van der Waals surface area contributed by atoms with Gasteiger partial charge in [-0.1, -0.05) is 22.9 Å². The second-order valence-electron chi connectivity index (χ2n) is 5.27. The first-order valence-electron chi connectivity index (χ1n) is 7.61. The van der Waals surface area contributed by atoms with Crippen LogP contribution in [0, 0.1) is 0 Å². The maximum atomic E-state index is 11.9. The number of rotatable bonds is 6. The topological polar surface area (TPSA) is 75.0 Å². The Morgan fingerprint density at radius 2 is 2.04 bits per heavy atom. The van der Waals surface area contributed by atoms with Crippen LogP contribution in [0.2, 0.25) is 5.02 Å². The zero-order chi connectivity index (χ0) is 18.7. The smallest absolute Gasteiger partial charge is 0.342 e. The van der Waals surface area contributed by atoms with Crippen molar-refractivity contribution in [3.63, 3.8) is 0 Å². The van der Waals surface area contributed by atoms with Gasteiger partial charge in [0.25, 0.3) is 0 Å². The molecule has 7 nitrogen and oxygen atoms in total. The number of methoxy groups -OCH3 is 2. The highest BCUT2D eigenvalue weighted by Gasteiger charge is 2.20. The average Bonchev–Trinajstić information content (AvgIpc) is 3.20. The molecule has 0 aliphatic carbocycles. The van der Waals surface area contributed by atoms with Crippen molar-refractivity contribution in [1.82, 2.24) is 14.6 Å². The van der Waals surface area contributed by atoms with E-state index in [4.69, 9.17) is 25.8 Å². The maximum absolute atomic E-state index is 11.9. The molecule has 3 aromatic rings. The van der Waals surface area contributed by atoms with E-state index in [9.17, 15) is 4.79 Å². The molecule has 0 spiro atoms. The number of halogens is 1. The van der Waals surface area contributed by atoms with Crippen LogP contribution in [-0.2, 0) is 14.3 Å². The lowest BCUT2D eigenvalue weighted by Gasteiger charge is -2.11. The van der Waals surface area contributed by atoms with Gasteiger partial charge in [-0.05, 0) is 31.2 Å². The van der Waals surface area contributed by atoms with Gasteiger partial charge in [-0.3, -0.25) is 0 Å². The second-order valence-corrected chi connectivity index (χ2v) is 6.71. The Hall–Kier alpha value is -2.58. The molecule has 0 saturated carbocycles. The fraction of sp³-hybridized carbons (Fsp3) is 0.235. The molecule has 2 aromatic heterocycles. The summed E-state index contributed by atoms with van der Waals surface area (Å²) in [5.41, 5.74) is 0.305. The van der Waals surface area contributed by atoms with E-state index in [2.05, 4.69) is 10.1 Å². The molecule has 3 rings (SSSR count). The van der Waals surface area contributed by atoms with Crippen molar-refractivity contribution in [2.24, 2.45) is 0 Å². The van der Waals surface area contributed by atoms with Gasteiger partial charge >= 0.3 is 5.97 Å². The van der Waals surface area contributed by atoms with E-state index in [0.29, 0.717) is 32.0 Å². The van der Waals surface area contributed by atoms with E-state index < -0.39 is 5.97 Å². The third-order valence-electron chi connectivity index (χ3n) is 3.45. The molecule has 0 saturated heterocycles. The van der Waals surface area contributed by atoms with Crippen molar-refractivity contribution in [2.45, 2.75) is 13.0 Å². The lowest BCUT2D eigenvalue weighted by atomic mass is 10.3. The second kappa shape index (κ2) is 7.76. The van der Waals surface area contributed by atoms with Crippen molar-refractivity contribution >= 4 is 39.4 Å². The molecule has 0 radical (unpaired) electrons. The minimum Gasteiger partial charge on any atom is -0.503 e. The van der Waals surface area contributed by atoms with Crippen molar-refractivity contribution in [1.29, 1.82) is 0 Å². The Bertz CT molecular complexity index is 917. The molecule has 0 bridgehead atoms. The Kier molecular flexibility index (Phi) is 5.43. The van der Waals surface area contributed by atoms with E-state index in [-0.39, 0.29) is 6.10 Å². The third kappa shape index (κ3) is 3.81. The minimum absolute atomic E-state index is 0.305. The third-order valence-corrected chi connectivity index (χ3v) is 4.71. The first-order chi connectivity index (χ1) is 12.5. The monoisotopic (exact) mass is 393 g/mol. The molecule has 9 heteroatoms. The van der Waals surface area contributed by atoms with Crippen molar-refractivity contribution < 1.29 is 19.0 Å².